The maximum atomic E-state index is 5.65. The molecule has 3 rings (SSSR count). The molecule has 0 spiro atoms. The minimum atomic E-state index is 0.308. The van der Waals surface area contributed by atoms with E-state index in [0.717, 1.165) is 12.4 Å². The quantitative estimate of drug-likeness (QED) is 0.760. The normalized spacial score (nSPS) is 18.9. The standard InChI is InChI=1S/C17H18O2/c1-13(14-5-3-2-4-6-14)15-7-9-16(10-8-15)18-11-17-12-19-17/h2-10,13,17H,11-12H2,1H3/t13-,17-/m1/s1. The largest absolute Gasteiger partial charge is 0.491 e. The summed E-state index contributed by atoms with van der Waals surface area (Å²) in [6.45, 7) is 3.72. The van der Waals surface area contributed by atoms with Crippen molar-refractivity contribution in [2.75, 3.05) is 13.2 Å². The van der Waals surface area contributed by atoms with Gasteiger partial charge >= 0.3 is 0 Å². The van der Waals surface area contributed by atoms with Crippen molar-refractivity contribution in [3.05, 3.63) is 65.7 Å². The first-order valence-corrected chi connectivity index (χ1v) is 6.72. The molecule has 0 aliphatic carbocycles. The molecule has 19 heavy (non-hydrogen) atoms. The van der Waals surface area contributed by atoms with Crippen molar-refractivity contribution in [3.8, 4) is 5.75 Å². The van der Waals surface area contributed by atoms with Gasteiger partial charge in [0.2, 0.25) is 0 Å². The molecule has 0 unspecified atom stereocenters. The van der Waals surface area contributed by atoms with Crippen molar-refractivity contribution >= 4 is 0 Å². The van der Waals surface area contributed by atoms with Crippen molar-refractivity contribution in [1.29, 1.82) is 0 Å². The fourth-order valence-electron chi connectivity index (χ4n) is 2.14. The Kier molecular flexibility index (Phi) is 3.51. The van der Waals surface area contributed by atoms with E-state index in [1.165, 1.54) is 11.1 Å². The van der Waals surface area contributed by atoms with Crippen LogP contribution in [-0.2, 0) is 4.74 Å². The van der Waals surface area contributed by atoms with Gasteiger partial charge in [-0.15, -0.1) is 0 Å². The predicted octanol–water partition coefficient (Wildman–Crippen LogP) is 3.62. The van der Waals surface area contributed by atoms with Crippen molar-refractivity contribution in [2.24, 2.45) is 0 Å². The SMILES string of the molecule is C[C@H](c1ccccc1)c1ccc(OC[C@@H]2CO2)cc1. The van der Waals surface area contributed by atoms with Gasteiger partial charge in [-0.2, -0.15) is 0 Å². The molecule has 2 heteroatoms. The van der Waals surface area contributed by atoms with E-state index < -0.39 is 0 Å². The summed E-state index contributed by atoms with van der Waals surface area (Å²) >= 11 is 0. The van der Waals surface area contributed by atoms with E-state index in [1.54, 1.807) is 0 Å². The topological polar surface area (TPSA) is 21.8 Å². The van der Waals surface area contributed by atoms with E-state index >= 15 is 0 Å². The van der Waals surface area contributed by atoms with Crippen LogP contribution in [-0.4, -0.2) is 19.3 Å². The van der Waals surface area contributed by atoms with Crippen LogP contribution in [0.15, 0.2) is 54.6 Å². The van der Waals surface area contributed by atoms with Crippen LogP contribution in [0.4, 0.5) is 0 Å². The molecule has 0 saturated carbocycles. The van der Waals surface area contributed by atoms with Crippen LogP contribution in [0.2, 0.25) is 0 Å². The highest BCUT2D eigenvalue weighted by molar-refractivity contribution is 5.35. The lowest BCUT2D eigenvalue weighted by molar-refractivity contribution is 0.263. The highest BCUT2D eigenvalue weighted by atomic mass is 16.6. The molecule has 0 amide bonds. The Morgan fingerprint density at radius 1 is 1.05 bits per heavy atom. The second kappa shape index (κ2) is 5.45. The van der Waals surface area contributed by atoms with E-state index in [0.29, 0.717) is 18.6 Å². The molecule has 2 nitrogen and oxygen atoms in total. The van der Waals surface area contributed by atoms with Crippen LogP contribution in [0, 0.1) is 0 Å². The minimum Gasteiger partial charge on any atom is -0.491 e. The average Bonchev–Trinajstić information content (AvgIpc) is 3.30. The lowest BCUT2D eigenvalue weighted by Crippen LogP contribution is -2.04. The van der Waals surface area contributed by atoms with Gasteiger partial charge in [0, 0.05) is 5.92 Å². The summed E-state index contributed by atoms with van der Waals surface area (Å²) in [6, 6.07) is 18.9. The fraction of sp³-hybridized carbons (Fsp3) is 0.294. The van der Waals surface area contributed by atoms with Crippen molar-refractivity contribution in [1.82, 2.24) is 0 Å². The van der Waals surface area contributed by atoms with Gasteiger partial charge in [0.25, 0.3) is 0 Å². The molecule has 98 valence electrons. The highest BCUT2D eigenvalue weighted by Crippen LogP contribution is 2.25. The number of rotatable bonds is 5. The Balaban J connectivity index is 1.67. The molecule has 1 heterocycles. The summed E-state index contributed by atoms with van der Waals surface area (Å²) in [5, 5.41) is 0. The molecule has 0 N–H and O–H groups in total. The van der Waals surface area contributed by atoms with E-state index in [2.05, 4.69) is 43.3 Å². The summed E-state index contributed by atoms with van der Waals surface area (Å²) in [6.07, 6.45) is 0.308. The Morgan fingerprint density at radius 2 is 1.68 bits per heavy atom. The third-order valence-electron chi connectivity index (χ3n) is 3.52. The number of hydrogen-bond acceptors (Lipinski definition) is 2. The second-order valence-corrected chi connectivity index (χ2v) is 4.97. The molecular formula is C17H18O2. The number of epoxide rings is 1. The molecule has 0 bridgehead atoms. The predicted molar refractivity (Wildman–Crippen MR) is 75.6 cm³/mol. The van der Waals surface area contributed by atoms with Crippen LogP contribution >= 0.6 is 0 Å². The molecule has 0 aromatic heterocycles. The second-order valence-electron chi connectivity index (χ2n) is 4.97. The van der Waals surface area contributed by atoms with Crippen LogP contribution in [0.25, 0.3) is 0 Å². The Morgan fingerprint density at radius 3 is 2.32 bits per heavy atom. The van der Waals surface area contributed by atoms with Crippen LogP contribution < -0.4 is 4.74 Å². The van der Waals surface area contributed by atoms with Crippen molar-refractivity contribution in [3.63, 3.8) is 0 Å². The smallest absolute Gasteiger partial charge is 0.119 e. The number of benzene rings is 2. The summed E-state index contributed by atoms with van der Waals surface area (Å²) < 4.78 is 10.8. The molecule has 2 aromatic rings. The zero-order valence-electron chi connectivity index (χ0n) is 11.1. The lowest BCUT2D eigenvalue weighted by atomic mass is 9.93. The molecule has 1 aliphatic rings. The molecule has 1 fully saturated rings. The van der Waals surface area contributed by atoms with E-state index in [-0.39, 0.29) is 0 Å². The zero-order valence-corrected chi connectivity index (χ0v) is 11.1. The molecular weight excluding hydrogens is 236 g/mol. The summed E-state index contributed by atoms with van der Waals surface area (Å²) in [7, 11) is 0. The average molecular weight is 254 g/mol. The molecule has 2 atom stereocenters. The van der Waals surface area contributed by atoms with E-state index in [1.807, 2.05) is 18.2 Å². The monoisotopic (exact) mass is 254 g/mol. The van der Waals surface area contributed by atoms with Gasteiger partial charge in [-0.05, 0) is 23.3 Å². The van der Waals surface area contributed by atoms with Gasteiger partial charge in [-0.25, -0.2) is 0 Å². The highest BCUT2D eigenvalue weighted by Gasteiger charge is 2.23. The first-order chi connectivity index (χ1) is 9.33. The van der Waals surface area contributed by atoms with Gasteiger partial charge in [0.05, 0.1) is 6.61 Å². The molecule has 2 aromatic carbocycles. The number of hydrogen-bond donors (Lipinski definition) is 0. The zero-order chi connectivity index (χ0) is 13.1. The molecule has 1 saturated heterocycles. The van der Waals surface area contributed by atoms with Gasteiger partial charge in [-0.3, -0.25) is 0 Å². The Labute approximate surface area is 114 Å². The lowest BCUT2D eigenvalue weighted by Gasteiger charge is -2.13. The first-order valence-electron chi connectivity index (χ1n) is 6.72. The third-order valence-corrected chi connectivity index (χ3v) is 3.52. The Bertz CT molecular complexity index is 515. The Hall–Kier alpha value is -1.80. The molecule has 1 aliphatic heterocycles. The maximum absolute atomic E-state index is 5.65. The van der Waals surface area contributed by atoms with Gasteiger partial charge < -0.3 is 9.47 Å². The van der Waals surface area contributed by atoms with Crippen LogP contribution in [0.1, 0.15) is 24.0 Å². The maximum Gasteiger partial charge on any atom is 0.119 e. The molecule has 0 radical (unpaired) electrons. The summed E-state index contributed by atoms with van der Waals surface area (Å²) in [5.41, 5.74) is 2.64. The van der Waals surface area contributed by atoms with E-state index in [4.69, 9.17) is 9.47 Å². The van der Waals surface area contributed by atoms with Gasteiger partial charge in [-0.1, -0.05) is 49.4 Å². The summed E-state index contributed by atoms with van der Waals surface area (Å²) in [4.78, 5) is 0. The summed E-state index contributed by atoms with van der Waals surface area (Å²) in [5.74, 6) is 1.32. The van der Waals surface area contributed by atoms with Crippen molar-refractivity contribution in [2.45, 2.75) is 18.9 Å². The van der Waals surface area contributed by atoms with Crippen molar-refractivity contribution < 1.29 is 9.47 Å². The minimum absolute atomic E-state index is 0.308. The first kappa shape index (κ1) is 12.2. The number of ether oxygens (including phenoxy) is 2. The fourth-order valence-corrected chi connectivity index (χ4v) is 2.14. The third kappa shape index (κ3) is 3.15. The van der Waals surface area contributed by atoms with Crippen LogP contribution in [0.3, 0.4) is 0 Å². The van der Waals surface area contributed by atoms with E-state index in [9.17, 15) is 0 Å². The van der Waals surface area contributed by atoms with Gasteiger partial charge in [0.15, 0.2) is 0 Å². The van der Waals surface area contributed by atoms with Crippen LogP contribution in [0.5, 0.6) is 5.75 Å². The van der Waals surface area contributed by atoms with Gasteiger partial charge in [0.1, 0.15) is 18.5 Å².